The van der Waals surface area contributed by atoms with Crippen molar-refractivity contribution in [2.75, 3.05) is 31.2 Å². The van der Waals surface area contributed by atoms with Crippen LogP contribution in [0, 0.1) is 19.3 Å². The number of aromatic nitrogens is 3. The highest BCUT2D eigenvalue weighted by molar-refractivity contribution is 5.40. The van der Waals surface area contributed by atoms with Crippen molar-refractivity contribution >= 4 is 5.82 Å². The molecule has 0 amide bonds. The molecule has 2 aliphatic rings. The Hall–Kier alpha value is -1.88. The highest BCUT2D eigenvalue weighted by atomic mass is 16.5. The standard InChI is InChI=1S/C19H26N4O/c1-15-10-16(2)23(21-15)12-17-4-5-18(20-11-17)22-8-3-6-19(13-22)7-9-24-14-19/h4-5,10-11H,3,6-9,12-14H2,1-2H3. The molecule has 2 fully saturated rings. The Morgan fingerprint density at radius 3 is 2.83 bits per heavy atom. The molecule has 2 aromatic rings. The predicted molar refractivity (Wildman–Crippen MR) is 94.4 cm³/mol. The fourth-order valence-electron chi connectivity index (χ4n) is 4.08. The van der Waals surface area contributed by atoms with Gasteiger partial charge in [-0.1, -0.05) is 6.07 Å². The molecule has 1 spiro atoms. The van der Waals surface area contributed by atoms with E-state index in [1.165, 1.54) is 30.5 Å². The molecule has 5 nitrogen and oxygen atoms in total. The van der Waals surface area contributed by atoms with Gasteiger partial charge in [0.25, 0.3) is 0 Å². The van der Waals surface area contributed by atoms with E-state index in [0.29, 0.717) is 5.41 Å². The van der Waals surface area contributed by atoms with Crippen molar-refractivity contribution in [3.05, 3.63) is 41.3 Å². The van der Waals surface area contributed by atoms with Gasteiger partial charge in [0.2, 0.25) is 0 Å². The van der Waals surface area contributed by atoms with Gasteiger partial charge in [0.05, 0.1) is 18.8 Å². The Morgan fingerprint density at radius 1 is 1.25 bits per heavy atom. The summed E-state index contributed by atoms with van der Waals surface area (Å²) >= 11 is 0. The largest absolute Gasteiger partial charge is 0.381 e. The van der Waals surface area contributed by atoms with E-state index in [1.807, 2.05) is 17.8 Å². The molecule has 1 unspecified atom stereocenters. The fourth-order valence-corrected chi connectivity index (χ4v) is 4.08. The van der Waals surface area contributed by atoms with E-state index < -0.39 is 0 Å². The smallest absolute Gasteiger partial charge is 0.128 e. The molecule has 24 heavy (non-hydrogen) atoms. The number of nitrogens with zero attached hydrogens (tertiary/aromatic N) is 4. The second-order valence-corrected chi connectivity index (χ2v) is 7.44. The van der Waals surface area contributed by atoms with E-state index in [9.17, 15) is 0 Å². The van der Waals surface area contributed by atoms with Gasteiger partial charge in [0.15, 0.2) is 0 Å². The maximum absolute atomic E-state index is 5.66. The van der Waals surface area contributed by atoms with Crippen molar-refractivity contribution < 1.29 is 4.74 Å². The minimum absolute atomic E-state index is 0.363. The zero-order valence-electron chi connectivity index (χ0n) is 14.7. The van der Waals surface area contributed by atoms with E-state index in [-0.39, 0.29) is 0 Å². The van der Waals surface area contributed by atoms with Gasteiger partial charge in [-0.3, -0.25) is 4.68 Å². The van der Waals surface area contributed by atoms with Gasteiger partial charge in [-0.2, -0.15) is 5.10 Å². The van der Waals surface area contributed by atoms with Crippen molar-refractivity contribution in [3.8, 4) is 0 Å². The minimum atomic E-state index is 0.363. The lowest BCUT2D eigenvalue weighted by atomic mass is 9.79. The molecule has 0 saturated carbocycles. The molecule has 0 aliphatic carbocycles. The Labute approximate surface area is 143 Å². The summed E-state index contributed by atoms with van der Waals surface area (Å²) in [6, 6.07) is 6.46. The van der Waals surface area contributed by atoms with Crippen LogP contribution in [0.15, 0.2) is 24.4 Å². The summed E-state index contributed by atoms with van der Waals surface area (Å²) in [6.45, 7) is 8.93. The molecule has 1 atom stereocenters. The number of rotatable bonds is 3. The number of hydrogen-bond acceptors (Lipinski definition) is 4. The highest BCUT2D eigenvalue weighted by Gasteiger charge is 2.39. The van der Waals surface area contributed by atoms with E-state index in [0.717, 1.165) is 44.4 Å². The summed E-state index contributed by atoms with van der Waals surface area (Å²) in [7, 11) is 0. The molecule has 0 bridgehead atoms. The zero-order chi connectivity index (χ0) is 16.6. The van der Waals surface area contributed by atoms with Gasteiger partial charge in [-0.05, 0) is 50.8 Å². The summed E-state index contributed by atoms with van der Waals surface area (Å²) in [6.07, 6.45) is 5.72. The molecule has 4 rings (SSSR count). The average Bonchev–Trinajstić information content (AvgIpc) is 3.15. The zero-order valence-corrected chi connectivity index (χ0v) is 14.7. The first-order chi connectivity index (χ1) is 11.6. The van der Waals surface area contributed by atoms with Crippen LogP contribution < -0.4 is 4.90 Å². The van der Waals surface area contributed by atoms with Crippen molar-refractivity contribution in [2.45, 2.75) is 39.7 Å². The number of pyridine rings is 1. The molecule has 4 heterocycles. The van der Waals surface area contributed by atoms with Crippen LogP contribution in [0.3, 0.4) is 0 Å². The Bertz CT molecular complexity index is 701. The van der Waals surface area contributed by atoms with E-state index in [4.69, 9.17) is 9.72 Å². The molecular weight excluding hydrogens is 300 g/mol. The van der Waals surface area contributed by atoms with Crippen molar-refractivity contribution in [1.29, 1.82) is 0 Å². The Kier molecular flexibility index (Phi) is 4.04. The monoisotopic (exact) mass is 326 g/mol. The van der Waals surface area contributed by atoms with Gasteiger partial charge in [-0.15, -0.1) is 0 Å². The third kappa shape index (κ3) is 3.05. The maximum Gasteiger partial charge on any atom is 0.128 e. The first-order valence-corrected chi connectivity index (χ1v) is 8.92. The first-order valence-electron chi connectivity index (χ1n) is 8.92. The molecule has 0 radical (unpaired) electrons. The van der Waals surface area contributed by atoms with Crippen LogP contribution in [0.2, 0.25) is 0 Å². The number of hydrogen-bond donors (Lipinski definition) is 0. The summed E-state index contributed by atoms with van der Waals surface area (Å²) in [5.74, 6) is 1.10. The fraction of sp³-hybridized carbons (Fsp3) is 0.579. The SMILES string of the molecule is Cc1cc(C)n(Cc2ccc(N3CCCC4(CCOC4)C3)nc2)n1. The topological polar surface area (TPSA) is 43.2 Å². The Morgan fingerprint density at radius 2 is 2.17 bits per heavy atom. The van der Waals surface area contributed by atoms with E-state index in [2.05, 4.69) is 35.1 Å². The van der Waals surface area contributed by atoms with Crippen LogP contribution in [0.25, 0.3) is 0 Å². The van der Waals surface area contributed by atoms with E-state index >= 15 is 0 Å². The summed E-state index contributed by atoms with van der Waals surface area (Å²) < 4.78 is 7.70. The predicted octanol–water partition coefficient (Wildman–Crippen LogP) is 2.95. The lowest BCUT2D eigenvalue weighted by molar-refractivity contribution is 0.139. The van der Waals surface area contributed by atoms with Crippen molar-refractivity contribution in [2.24, 2.45) is 5.41 Å². The molecule has 2 saturated heterocycles. The van der Waals surface area contributed by atoms with Crippen molar-refractivity contribution in [1.82, 2.24) is 14.8 Å². The number of aryl methyl sites for hydroxylation is 2. The van der Waals surface area contributed by atoms with Gasteiger partial charge in [0.1, 0.15) is 5.82 Å². The number of anilines is 1. The molecular formula is C19H26N4O. The quantitative estimate of drug-likeness (QED) is 0.870. The second-order valence-electron chi connectivity index (χ2n) is 7.44. The molecule has 5 heteroatoms. The van der Waals surface area contributed by atoms with Gasteiger partial charge in [-0.25, -0.2) is 4.98 Å². The third-order valence-electron chi connectivity index (χ3n) is 5.42. The molecule has 0 aromatic carbocycles. The lowest BCUT2D eigenvalue weighted by Gasteiger charge is -2.40. The molecule has 2 aliphatic heterocycles. The highest BCUT2D eigenvalue weighted by Crippen LogP contribution is 2.38. The summed E-state index contributed by atoms with van der Waals surface area (Å²) in [5, 5.41) is 4.53. The Balaban J connectivity index is 1.46. The van der Waals surface area contributed by atoms with E-state index in [1.54, 1.807) is 0 Å². The van der Waals surface area contributed by atoms with Crippen LogP contribution >= 0.6 is 0 Å². The minimum Gasteiger partial charge on any atom is -0.381 e. The maximum atomic E-state index is 5.66. The van der Waals surface area contributed by atoms with Crippen LogP contribution in [-0.4, -0.2) is 41.1 Å². The van der Waals surface area contributed by atoms with Gasteiger partial charge >= 0.3 is 0 Å². The third-order valence-corrected chi connectivity index (χ3v) is 5.42. The average molecular weight is 326 g/mol. The number of piperidine rings is 1. The normalized spacial score (nSPS) is 24.0. The first kappa shape index (κ1) is 15.6. The lowest BCUT2D eigenvalue weighted by Crippen LogP contribution is -2.44. The summed E-state index contributed by atoms with van der Waals surface area (Å²) in [4.78, 5) is 7.17. The van der Waals surface area contributed by atoms with Crippen molar-refractivity contribution in [3.63, 3.8) is 0 Å². The van der Waals surface area contributed by atoms with Crippen LogP contribution in [0.5, 0.6) is 0 Å². The number of ether oxygens (including phenoxy) is 1. The van der Waals surface area contributed by atoms with Gasteiger partial charge < -0.3 is 9.64 Å². The second kappa shape index (κ2) is 6.20. The van der Waals surface area contributed by atoms with Crippen LogP contribution in [-0.2, 0) is 11.3 Å². The van der Waals surface area contributed by atoms with Crippen LogP contribution in [0.4, 0.5) is 5.82 Å². The molecule has 0 N–H and O–H groups in total. The van der Waals surface area contributed by atoms with Gasteiger partial charge in [0, 0.05) is 37.0 Å². The molecule has 128 valence electrons. The molecule has 2 aromatic heterocycles. The van der Waals surface area contributed by atoms with Crippen LogP contribution in [0.1, 0.15) is 36.2 Å². The summed E-state index contributed by atoms with van der Waals surface area (Å²) in [5.41, 5.74) is 3.81.